The molecule has 0 heterocycles. The Hall–Kier alpha value is -2.42. The molecule has 0 bridgehead atoms. The maximum Gasteiger partial charge on any atom is 0.310 e. The lowest BCUT2D eigenvalue weighted by Gasteiger charge is -2.26. The number of benzene rings is 2. The summed E-state index contributed by atoms with van der Waals surface area (Å²) >= 11 is 5.96. The van der Waals surface area contributed by atoms with Crippen LogP contribution in [-0.4, -0.2) is 34.6 Å². The van der Waals surface area contributed by atoms with Crippen molar-refractivity contribution >= 4 is 33.6 Å². The molecule has 2 aromatic rings. The minimum atomic E-state index is -3.97. The zero-order valence-corrected chi connectivity index (χ0v) is 18.5. The van der Waals surface area contributed by atoms with Crippen molar-refractivity contribution in [2.75, 3.05) is 14.2 Å². The van der Waals surface area contributed by atoms with Gasteiger partial charge in [-0.25, -0.2) is 13.1 Å². The van der Waals surface area contributed by atoms with E-state index < -0.39 is 33.9 Å². The third-order valence-electron chi connectivity index (χ3n) is 4.64. The van der Waals surface area contributed by atoms with Crippen LogP contribution in [0.3, 0.4) is 0 Å². The van der Waals surface area contributed by atoms with Gasteiger partial charge in [-0.2, -0.15) is 0 Å². The largest absolute Gasteiger partial charge is 0.469 e. The van der Waals surface area contributed by atoms with Gasteiger partial charge in [0.05, 0.1) is 31.1 Å². The van der Waals surface area contributed by atoms with E-state index in [1.54, 1.807) is 36.4 Å². The highest BCUT2D eigenvalue weighted by molar-refractivity contribution is 7.89. The molecule has 30 heavy (non-hydrogen) atoms. The molecule has 0 aromatic heterocycles. The summed E-state index contributed by atoms with van der Waals surface area (Å²) in [6.07, 6.45) is -0.0460. The lowest BCUT2D eigenvalue weighted by molar-refractivity contribution is -0.147. The molecule has 0 aliphatic carbocycles. The highest BCUT2D eigenvalue weighted by Gasteiger charge is 2.34. The fourth-order valence-electron chi connectivity index (χ4n) is 2.95. The predicted octanol–water partition coefficient (Wildman–Crippen LogP) is 3.41. The summed E-state index contributed by atoms with van der Waals surface area (Å²) in [5.41, 5.74) is 1.42. The molecule has 0 saturated carbocycles. The lowest BCUT2D eigenvalue weighted by Crippen LogP contribution is -2.37. The van der Waals surface area contributed by atoms with E-state index in [0.717, 1.165) is 5.56 Å². The van der Waals surface area contributed by atoms with E-state index in [9.17, 15) is 18.0 Å². The summed E-state index contributed by atoms with van der Waals surface area (Å²) in [4.78, 5) is 24.2. The molecule has 2 atom stereocenters. The molecule has 2 aromatic carbocycles. The first-order chi connectivity index (χ1) is 14.2. The first kappa shape index (κ1) is 23.9. The zero-order valence-electron chi connectivity index (χ0n) is 16.9. The molecule has 0 saturated heterocycles. The summed E-state index contributed by atoms with van der Waals surface area (Å²) < 4.78 is 38.2. The molecule has 1 N–H and O–H groups in total. The Kier molecular flexibility index (Phi) is 8.40. The summed E-state index contributed by atoms with van der Waals surface area (Å²) in [6.45, 7) is 1.85. The maximum absolute atomic E-state index is 13.0. The van der Waals surface area contributed by atoms with E-state index in [2.05, 4.69) is 9.46 Å². The number of nitrogens with one attached hydrogen (secondary N) is 1. The number of carbonyl (C=O) groups is 2. The van der Waals surface area contributed by atoms with Crippen LogP contribution in [0.5, 0.6) is 0 Å². The quantitative estimate of drug-likeness (QED) is 0.584. The van der Waals surface area contributed by atoms with Crippen LogP contribution in [0.1, 0.15) is 30.0 Å². The molecule has 2 rings (SSSR count). The van der Waals surface area contributed by atoms with Crippen LogP contribution in [0, 0.1) is 12.8 Å². The Bertz CT molecular complexity index is 974. The predicted molar refractivity (Wildman–Crippen MR) is 112 cm³/mol. The summed E-state index contributed by atoms with van der Waals surface area (Å²) in [5.74, 6) is -2.12. The van der Waals surface area contributed by atoms with Crippen LogP contribution >= 0.6 is 11.6 Å². The standard InChI is InChI=1S/C21H24ClNO6S/c1-14-4-10-17(11-5-14)30(26,27)23-20(15-6-8-16(22)9-7-15)18(21(25)29-3)12-13-19(24)28-2/h4-11,18,20,23H,12-13H2,1-3H3/t18-,20-/m0/s1. The van der Waals surface area contributed by atoms with Gasteiger partial charge in [0.25, 0.3) is 0 Å². The topological polar surface area (TPSA) is 98.8 Å². The molecule has 0 aliphatic rings. The normalized spacial score (nSPS) is 13.3. The molecule has 9 heteroatoms. The molecule has 7 nitrogen and oxygen atoms in total. The maximum atomic E-state index is 13.0. The monoisotopic (exact) mass is 453 g/mol. The number of ether oxygens (including phenoxy) is 2. The van der Waals surface area contributed by atoms with E-state index in [-0.39, 0.29) is 17.7 Å². The van der Waals surface area contributed by atoms with Crippen molar-refractivity contribution in [3.05, 3.63) is 64.7 Å². The van der Waals surface area contributed by atoms with Gasteiger partial charge in [0.1, 0.15) is 0 Å². The van der Waals surface area contributed by atoms with Crippen LogP contribution in [-0.2, 0) is 29.1 Å². The van der Waals surface area contributed by atoms with Crippen molar-refractivity contribution in [1.82, 2.24) is 4.72 Å². The molecule has 0 fully saturated rings. The molecular weight excluding hydrogens is 430 g/mol. The highest BCUT2D eigenvalue weighted by Crippen LogP contribution is 2.30. The minimum Gasteiger partial charge on any atom is -0.469 e. The fraction of sp³-hybridized carbons (Fsp3) is 0.333. The molecule has 0 radical (unpaired) electrons. The second kappa shape index (κ2) is 10.6. The van der Waals surface area contributed by atoms with Gasteiger partial charge in [0, 0.05) is 11.4 Å². The highest BCUT2D eigenvalue weighted by atomic mass is 35.5. The Morgan fingerprint density at radius 2 is 1.60 bits per heavy atom. The number of halogens is 1. The van der Waals surface area contributed by atoms with Crippen molar-refractivity contribution in [2.45, 2.75) is 30.7 Å². The van der Waals surface area contributed by atoms with Crippen LogP contribution in [0.2, 0.25) is 5.02 Å². The first-order valence-electron chi connectivity index (χ1n) is 9.17. The number of hydrogen-bond donors (Lipinski definition) is 1. The first-order valence-corrected chi connectivity index (χ1v) is 11.0. The molecular formula is C21H24ClNO6S. The Labute approximate surface area is 181 Å². The van der Waals surface area contributed by atoms with Gasteiger partial charge in [-0.3, -0.25) is 9.59 Å². The summed E-state index contributed by atoms with van der Waals surface area (Å²) in [5, 5.41) is 0.461. The van der Waals surface area contributed by atoms with Gasteiger partial charge in [0.2, 0.25) is 10.0 Å². The van der Waals surface area contributed by atoms with Crippen molar-refractivity contribution in [3.63, 3.8) is 0 Å². The molecule has 0 unspecified atom stereocenters. The molecule has 162 valence electrons. The van der Waals surface area contributed by atoms with Crippen molar-refractivity contribution in [3.8, 4) is 0 Å². The second-order valence-corrected chi connectivity index (χ2v) is 8.86. The number of esters is 2. The van der Waals surface area contributed by atoms with Gasteiger partial charge < -0.3 is 9.47 Å². The Balaban J connectivity index is 2.46. The fourth-order valence-corrected chi connectivity index (χ4v) is 4.34. The van der Waals surface area contributed by atoms with Gasteiger partial charge in [-0.1, -0.05) is 41.4 Å². The van der Waals surface area contributed by atoms with Crippen LogP contribution < -0.4 is 4.72 Å². The van der Waals surface area contributed by atoms with Gasteiger partial charge >= 0.3 is 11.9 Å². The molecule has 0 aliphatic heterocycles. The second-order valence-electron chi connectivity index (χ2n) is 6.71. The van der Waals surface area contributed by atoms with Crippen LogP contribution in [0.4, 0.5) is 0 Å². The average molecular weight is 454 g/mol. The van der Waals surface area contributed by atoms with E-state index in [0.29, 0.717) is 10.6 Å². The van der Waals surface area contributed by atoms with Crippen LogP contribution in [0.25, 0.3) is 0 Å². The third kappa shape index (κ3) is 6.29. The summed E-state index contributed by atoms with van der Waals surface area (Å²) in [6, 6.07) is 11.8. The van der Waals surface area contributed by atoms with Crippen molar-refractivity contribution < 1.29 is 27.5 Å². The number of hydrogen-bond acceptors (Lipinski definition) is 6. The van der Waals surface area contributed by atoms with Crippen molar-refractivity contribution in [1.29, 1.82) is 0 Å². The van der Waals surface area contributed by atoms with Crippen LogP contribution in [0.15, 0.2) is 53.4 Å². The van der Waals surface area contributed by atoms with E-state index in [1.165, 1.54) is 26.4 Å². The lowest BCUT2D eigenvalue weighted by atomic mass is 9.90. The number of carbonyl (C=O) groups excluding carboxylic acids is 2. The third-order valence-corrected chi connectivity index (χ3v) is 6.34. The Morgan fingerprint density at radius 1 is 1.00 bits per heavy atom. The smallest absolute Gasteiger partial charge is 0.310 e. The van der Waals surface area contributed by atoms with Crippen molar-refractivity contribution in [2.24, 2.45) is 5.92 Å². The van der Waals surface area contributed by atoms with Gasteiger partial charge in [0.15, 0.2) is 0 Å². The zero-order chi connectivity index (χ0) is 22.3. The number of aryl methyl sites for hydroxylation is 1. The average Bonchev–Trinajstić information content (AvgIpc) is 2.73. The minimum absolute atomic E-state index is 0.0308. The molecule has 0 amide bonds. The SMILES string of the molecule is COC(=O)CC[C@H](C(=O)OC)[C@@H](NS(=O)(=O)c1ccc(C)cc1)c1ccc(Cl)cc1. The van der Waals surface area contributed by atoms with E-state index >= 15 is 0 Å². The molecule has 0 spiro atoms. The van der Waals surface area contributed by atoms with Gasteiger partial charge in [-0.05, 0) is 43.2 Å². The number of methoxy groups -OCH3 is 2. The Morgan fingerprint density at radius 3 is 2.13 bits per heavy atom. The number of sulfonamides is 1. The van der Waals surface area contributed by atoms with E-state index in [4.69, 9.17) is 16.3 Å². The van der Waals surface area contributed by atoms with Gasteiger partial charge in [-0.15, -0.1) is 0 Å². The summed E-state index contributed by atoms with van der Waals surface area (Å²) in [7, 11) is -1.52. The van der Waals surface area contributed by atoms with E-state index in [1.807, 2.05) is 6.92 Å². The number of rotatable bonds is 9.